The van der Waals surface area contributed by atoms with Crippen LogP contribution in [-0.4, -0.2) is 21.6 Å². The van der Waals surface area contributed by atoms with E-state index in [-0.39, 0.29) is 11.6 Å². The maximum atomic E-state index is 13.2. The molecular weight excluding hydrogens is 327 g/mol. The zero-order valence-corrected chi connectivity index (χ0v) is 12.8. The molecule has 0 radical (unpaired) electrons. The fraction of sp³-hybridized carbons (Fsp3) is 0.200. The summed E-state index contributed by atoms with van der Waals surface area (Å²) in [5.74, 6) is 0.0926. The molecule has 0 aliphatic rings. The van der Waals surface area contributed by atoms with Crippen molar-refractivity contribution >= 4 is 23.7 Å². The van der Waals surface area contributed by atoms with E-state index in [1.54, 1.807) is 13.0 Å². The number of alkyl halides is 2. The van der Waals surface area contributed by atoms with Gasteiger partial charge in [-0.1, -0.05) is 0 Å². The smallest absolute Gasteiger partial charge is 0.387 e. The predicted molar refractivity (Wildman–Crippen MR) is 82.5 cm³/mol. The summed E-state index contributed by atoms with van der Waals surface area (Å²) < 4.78 is 42.5. The van der Waals surface area contributed by atoms with Gasteiger partial charge in [0.05, 0.1) is 16.7 Å². The van der Waals surface area contributed by atoms with Crippen molar-refractivity contribution in [2.24, 2.45) is 0 Å². The summed E-state index contributed by atoms with van der Waals surface area (Å²) in [5, 5.41) is -0.591. The van der Waals surface area contributed by atoms with Gasteiger partial charge >= 0.3 is 6.61 Å². The molecule has 1 unspecified atom stereocenters. The number of pyridine rings is 1. The molecule has 23 heavy (non-hydrogen) atoms. The highest BCUT2D eigenvalue weighted by atomic mass is 32.1. The van der Waals surface area contributed by atoms with Crippen molar-refractivity contribution in [3.8, 4) is 5.75 Å². The number of benzene rings is 1. The number of nitrogens with zero attached hydrogens (tertiary/aromatic N) is 2. The Balaban J connectivity index is 1.99. The number of H-pyrrole nitrogens is 1. The van der Waals surface area contributed by atoms with Gasteiger partial charge in [0.2, 0.25) is 0 Å². The lowest BCUT2D eigenvalue weighted by Gasteiger charge is -2.14. The van der Waals surface area contributed by atoms with Crippen LogP contribution in [-0.2, 0) is 0 Å². The van der Waals surface area contributed by atoms with Gasteiger partial charge < -0.3 is 9.72 Å². The van der Waals surface area contributed by atoms with Crippen molar-refractivity contribution in [3.05, 3.63) is 53.4 Å². The summed E-state index contributed by atoms with van der Waals surface area (Å²) in [7, 11) is 0. The summed E-state index contributed by atoms with van der Waals surface area (Å²) >= 11 is 4.46. The van der Waals surface area contributed by atoms with Gasteiger partial charge in [0.1, 0.15) is 22.6 Å². The SMILES string of the molecule is Cc1c(OC(F)F)ccnc1C(S)c1nc2ccc(F)cc2[nH]1. The molecule has 3 aromatic rings. The number of thiol groups is 1. The lowest BCUT2D eigenvalue weighted by Crippen LogP contribution is -2.07. The van der Waals surface area contributed by atoms with Crippen LogP contribution >= 0.6 is 12.6 Å². The lowest BCUT2D eigenvalue weighted by molar-refractivity contribution is -0.0503. The van der Waals surface area contributed by atoms with Crippen LogP contribution in [0, 0.1) is 12.7 Å². The summed E-state index contributed by atoms with van der Waals surface area (Å²) in [5.41, 5.74) is 1.99. The highest BCUT2D eigenvalue weighted by Crippen LogP contribution is 2.32. The van der Waals surface area contributed by atoms with E-state index in [1.807, 2.05) is 0 Å². The number of imidazole rings is 1. The number of nitrogens with one attached hydrogen (secondary N) is 1. The van der Waals surface area contributed by atoms with Crippen molar-refractivity contribution in [2.45, 2.75) is 18.8 Å². The van der Waals surface area contributed by atoms with Crippen LogP contribution in [0.3, 0.4) is 0 Å². The largest absolute Gasteiger partial charge is 0.434 e. The highest BCUT2D eigenvalue weighted by Gasteiger charge is 2.20. The number of hydrogen-bond donors (Lipinski definition) is 2. The summed E-state index contributed by atoms with van der Waals surface area (Å²) in [4.78, 5) is 11.5. The molecular formula is C15H12F3N3OS. The lowest BCUT2D eigenvalue weighted by atomic mass is 10.1. The van der Waals surface area contributed by atoms with Crippen LogP contribution in [0.2, 0.25) is 0 Å². The highest BCUT2D eigenvalue weighted by molar-refractivity contribution is 7.80. The van der Waals surface area contributed by atoms with Crippen molar-refractivity contribution < 1.29 is 17.9 Å². The minimum absolute atomic E-state index is 0.0335. The Labute approximate surface area is 135 Å². The Morgan fingerprint density at radius 1 is 1.26 bits per heavy atom. The average Bonchev–Trinajstić information content (AvgIpc) is 2.91. The Morgan fingerprint density at radius 3 is 2.78 bits per heavy atom. The molecule has 0 aliphatic carbocycles. The van der Waals surface area contributed by atoms with Crippen molar-refractivity contribution in [3.63, 3.8) is 0 Å². The molecule has 8 heteroatoms. The first-order valence-electron chi connectivity index (χ1n) is 6.69. The van der Waals surface area contributed by atoms with Gasteiger partial charge in [-0.15, -0.1) is 0 Å². The third kappa shape index (κ3) is 3.12. The first-order valence-corrected chi connectivity index (χ1v) is 7.21. The number of hydrogen-bond acceptors (Lipinski definition) is 4. The van der Waals surface area contributed by atoms with Crippen LogP contribution in [0.1, 0.15) is 22.3 Å². The molecule has 3 rings (SSSR count). The predicted octanol–water partition coefficient (Wildman–Crippen LogP) is 4.03. The molecule has 2 heterocycles. The van der Waals surface area contributed by atoms with E-state index < -0.39 is 11.9 Å². The first kappa shape index (κ1) is 15.7. The Kier molecular flexibility index (Phi) is 4.16. The second kappa shape index (κ2) is 6.11. The molecule has 120 valence electrons. The van der Waals surface area contributed by atoms with Gasteiger partial charge in [0.15, 0.2) is 0 Å². The maximum absolute atomic E-state index is 13.2. The van der Waals surface area contributed by atoms with Crippen LogP contribution in [0.15, 0.2) is 30.5 Å². The first-order chi connectivity index (χ1) is 11.0. The zero-order valence-electron chi connectivity index (χ0n) is 11.9. The zero-order chi connectivity index (χ0) is 16.6. The molecule has 0 bridgehead atoms. The second-order valence-electron chi connectivity index (χ2n) is 4.88. The second-order valence-corrected chi connectivity index (χ2v) is 5.40. The number of halogens is 3. The number of fused-ring (bicyclic) bond motifs is 1. The van der Waals surface area contributed by atoms with Crippen LogP contribution in [0.4, 0.5) is 13.2 Å². The fourth-order valence-corrected chi connectivity index (χ4v) is 2.68. The molecule has 1 atom stereocenters. The third-order valence-corrected chi connectivity index (χ3v) is 3.88. The van der Waals surface area contributed by atoms with E-state index in [1.165, 1.54) is 24.4 Å². The van der Waals surface area contributed by atoms with E-state index in [2.05, 4.69) is 32.3 Å². The topological polar surface area (TPSA) is 50.8 Å². The molecule has 0 amide bonds. The number of rotatable bonds is 4. The Bertz CT molecular complexity index is 853. The van der Waals surface area contributed by atoms with Crippen LogP contribution < -0.4 is 4.74 Å². The van der Waals surface area contributed by atoms with Gasteiger partial charge in [0, 0.05) is 11.8 Å². The Morgan fingerprint density at radius 2 is 2.04 bits per heavy atom. The summed E-state index contributed by atoms with van der Waals surface area (Å²) in [6.45, 7) is -1.30. The molecule has 4 nitrogen and oxygen atoms in total. The third-order valence-electron chi connectivity index (χ3n) is 3.39. The molecule has 1 aromatic carbocycles. The van der Waals surface area contributed by atoms with Crippen molar-refractivity contribution in [2.75, 3.05) is 0 Å². The van der Waals surface area contributed by atoms with E-state index in [9.17, 15) is 13.2 Å². The van der Waals surface area contributed by atoms with Gasteiger partial charge in [-0.3, -0.25) is 4.98 Å². The normalized spacial score (nSPS) is 12.8. The van der Waals surface area contributed by atoms with E-state index in [0.29, 0.717) is 28.1 Å². The standard InChI is InChI=1S/C15H12F3N3OS/c1-7-11(22-15(17)18)4-5-19-12(7)13(23)14-20-9-3-2-8(16)6-10(9)21-14/h2-6,13,15,23H,1H3,(H,20,21). The maximum Gasteiger partial charge on any atom is 0.387 e. The molecule has 2 aromatic heterocycles. The van der Waals surface area contributed by atoms with Gasteiger partial charge in [-0.05, 0) is 31.2 Å². The van der Waals surface area contributed by atoms with Crippen LogP contribution in [0.25, 0.3) is 11.0 Å². The van der Waals surface area contributed by atoms with Crippen molar-refractivity contribution in [1.82, 2.24) is 15.0 Å². The molecule has 0 fully saturated rings. The Hall–Kier alpha value is -2.22. The van der Waals surface area contributed by atoms with Crippen molar-refractivity contribution in [1.29, 1.82) is 0 Å². The van der Waals surface area contributed by atoms with Crippen LogP contribution in [0.5, 0.6) is 5.75 Å². The summed E-state index contributed by atoms with van der Waals surface area (Å²) in [6, 6.07) is 5.53. The fourth-order valence-electron chi connectivity index (χ4n) is 2.29. The number of aromatic amines is 1. The van der Waals surface area contributed by atoms with E-state index in [4.69, 9.17) is 0 Å². The van der Waals surface area contributed by atoms with Gasteiger partial charge in [-0.25, -0.2) is 9.37 Å². The quantitative estimate of drug-likeness (QED) is 0.706. The molecule has 0 spiro atoms. The minimum Gasteiger partial charge on any atom is -0.434 e. The molecule has 0 saturated carbocycles. The van der Waals surface area contributed by atoms with E-state index in [0.717, 1.165) is 0 Å². The summed E-state index contributed by atoms with van der Waals surface area (Å²) in [6.07, 6.45) is 1.37. The average molecular weight is 339 g/mol. The number of ether oxygens (including phenoxy) is 1. The van der Waals surface area contributed by atoms with Gasteiger partial charge in [0.25, 0.3) is 0 Å². The molecule has 0 saturated heterocycles. The number of aromatic nitrogens is 3. The molecule has 1 N–H and O–H groups in total. The monoisotopic (exact) mass is 339 g/mol. The van der Waals surface area contributed by atoms with E-state index >= 15 is 0 Å². The molecule has 0 aliphatic heterocycles. The minimum atomic E-state index is -2.92. The van der Waals surface area contributed by atoms with Gasteiger partial charge in [-0.2, -0.15) is 21.4 Å².